The monoisotopic (exact) mass is 466 g/mol. The molecule has 0 saturated carbocycles. The Morgan fingerprint density at radius 1 is 1.16 bits per heavy atom. The summed E-state index contributed by atoms with van der Waals surface area (Å²) in [6.45, 7) is 5.25. The van der Waals surface area contributed by atoms with Crippen molar-refractivity contribution in [2.45, 2.75) is 25.2 Å². The molecule has 1 heterocycles. The van der Waals surface area contributed by atoms with E-state index in [1.807, 2.05) is 49.4 Å². The van der Waals surface area contributed by atoms with E-state index in [0.717, 1.165) is 42.4 Å². The molecule has 0 radical (unpaired) electrons. The smallest absolute Gasteiger partial charge is 0.200 e. The van der Waals surface area contributed by atoms with Crippen molar-refractivity contribution in [3.8, 4) is 11.5 Å². The highest BCUT2D eigenvalue weighted by molar-refractivity contribution is 14.1. The summed E-state index contributed by atoms with van der Waals surface area (Å²) in [6, 6.07) is 11.7. The summed E-state index contributed by atoms with van der Waals surface area (Å²) < 4.78 is 12.6. The van der Waals surface area contributed by atoms with Gasteiger partial charge >= 0.3 is 0 Å². The molecule has 0 atom stereocenters. The minimum Gasteiger partial charge on any atom is -0.490 e. The molecule has 0 spiro atoms. The SMILES string of the molecule is CCCOc1c(I)cc(/C=C2/Sc3ccccc3C2=O)cc1OCC. The zero-order valence-electron chi connectivity index (χ0n) is 14.2. The van der Waals surface area contributed by atoms with Gasteiger partial charge in [-0.05, 0) is 71.8 Å². The first-order valence-electron chi connectivity index (χ1n) is 8.26. The summed E-state index contributed by atoms with van der Waals surface area (Å²) in [6.07, 6.45) is 2.87. The zero-order valence-corrected chi connectivity index (χ0v) is 17.1. The largest absolute Gasteiger partial charge is 0.490 e. The molecule has 130 valence electrons. The Bertz CT molecular complexity index is 830. The van der Waals surface area contributed by atoms with Gasteiger partial charge in [-0.15, -0.1) is 0 Å². The number of halogens is 1. The Labute approximate surface area is 165 Å². The molecule has 0 N–H and O–H groups in total. The number of rotatable bonds is 6. The molecule has 0 bridgehead atoms. The quantitative estimate of drug-likeness (QED) is 0.398. The molecule has 3 rings (SSSR count). The van der Waals surface area contributed by atoms with E-state index in [-0.39, 0.29) is 5.78 Å². The molecule has 0 saturated heterocycles. The molecule has 1 aliphatic heterocycles. The Morgan fingerprint density at radius 3 is 2.68 bits per heavy atom. The third kappa shape index (κ3) is 4.03. The predicted molar refractivity (Wildman–Crippen MR) is 111 cm³/mol. The van der Waals surface area contributed by atoms with E-state index in [9.17, 15) is 4.79 Å². The molecule has 0 unspecified atom stereocenters. The van der Waals surface area contributed by atoms with Crippen molar-refractivity contribution in [3.05, 3.63) is 56.0 Å². The number of Topliss-reactive ketones (excluding diaryl/α,β-unsaturated/α-hetero) is 1. The highest BCUT2D eigenvalue weighted by atomic mass is 127. The van der Waals surface area contributed by atoms with Gasteiger partial charge in [-0.25, -0.2) is 0 Å². The van der Waals surface area contributed by atoms with Crippen LogP contribution in [-0.2, 0) is 0 Å². The van der Waals surface area contributed by atoms with Crippen molar-refractivity contribution < 1.29 is 14.3 Å². The molecular formula is C20H19IO3S. The number of ether oxygens (including phenoxy) is 2. The Balaban J connectivity index is 1.94. The van der Waals surface area contributed by atoms with Gasteiger partial charge in [-0.3, -0.25) is 4.79 Å². The van der Waals surface area contributed by atoms with E-state index in [1.54, 1.807) is 0 Å². The van der Waals surface area contributed by atoms with E-state index < -0.39 is 0 Å². The molecule has 0 aromatic heterocycles. The first-order valence-corrected chi connectivity index (χ1v) is 10.2. The zero-order chi connectivity index (χ0) is 17.8. The average molecular weight is 466 g/mol. The fourth-order valence-corrected chi connectivity index (χ4v) is 4.40. The normalized spacial score (nSPS) is 14.7. The molecular weight excluding hydrogens is 447 g/mol. The fraction of sp³-hybridized carbons (Fsp3) is 0.250. The van der Waals surface area contributed by atoms with Gasteiger partial charge < -0.3 is 9.47 Å². The standard InChI is InChI=1S/C20H19IO3S/c1-3-9-24-20-15(21)10-13(11-16(20)23-4-2)12-18-19(22)14-7-5-6-8-17(14)25-18/h5-8,10-12H,3-4,9H2,1-2H3/b18-12+. The lowest BCUT2D eigenvalue weighted by Crippen LogP contribution is -2.02. The number of fused-ring (bicyclic) bond motifs is 1. The summed E-state index contributed by atoms with van der Waals surface area (Å²) >= 11 is 3.78. The number of benzene rings is 2. The first-order chi connectivity index (χ1) is 12.1. The summed E-state index contributed by atoms with van der Waals surface area (Å²) in [7, 11) is 0. The average Bonchev–Trinajstić information content (AvgIpc) is 2.91. The number of thioether (sulfide) groups is 1. The Hall–Kier alpha value is -1.47. The van der Waals surface area contributed by atoms with Gasteiger partial charge in [0.05, 0.1) is 21.7 Å². The van der Waals surface area contributed by atoms with Crippen LogP contribution >= 0.6 is 34.4 Å². The van der Waals surface area contributed by atoms with Crippen LogP contribution in [0, 0.1) is 3.57 Å². The minimum atomic E-state index is 0.0832. The lowest BCUT2D eigenvalue weighted by atomic mass is 10.1. The van der Waals surface area contributed by atoms with Crippen LogP contribution in [-0.4, -0.2) is 19.0 Å². The van der Waals surface area contributed by atoms with Crippen molar-refractivity contribution in [1.29, 1.82) is 0 Å². The molecule has 3 nitrogen and oxygen atoms in total. The van der Waals surface area contributed by atoms with Crippen LogP contribution in [0.4, 0.5) is 0 Å². The van der Waals surface area contributed by atoms with Crippen LogP contribution in [0.3, 0.4) is 0 Å². The second kappa shape index (κ2) is 8.27. The molecule has 25 heavy (non-hydrogen) atoms. The number of hydrogen-bond donors (Lipinski definition) is 0. The molecule has 0 aliphatic carbocycles. The van der Waals surface area contributed by atoms with Crippen LogP contribution in [0.1, 0.15) is 36.2 Å². The number of allylic oxidation sites excluding steroid dienone is 1. The Morgan fingerprint density at radius 2 is 1.96 bits per heavy atom. The second-order valence-electron chi connectivity index (χ2n) is 5.55. The van der Waals surface area contributed by atoms with Crippen LogP contribution < -0.4 is 9.47 Å². The number of carbonyl (C=O) groups is 1. The summed E-state index contributed by atoms with van der Waals surface area (Å²) in [5.41, 5.74) is 1.72. The van der Waals surface area contributed by atoms with E-state index in [0.29, 0.717) is 13.2 Å². The summed E-state index contributed by atoms with van der Waals surface area (Å²) in [5.74, 6) is 1.59. The highest BCUT2D eigenvalue weighted by Gasteiger charge is 2.25. The number of hydrogen-bond acceptors (Lipinski definition) is 4. The lowest BCUT2D eigenvalue weighted by Gasteiger charge is -2.14. The van der Waals surface area contributed by atoms with Gasteiger partial charge in [0.25, 0.3) is 0 Å². The maximum absolute atomic E-state index is 12.6. The van der Waals surface area contributed by atoms with Crippen molar-refractivity contribution in [1.82, 2.24) is 0 Å². The minimum absolute atomic E-state index is 0.0832. The topological polar surface area (TPSA) is 35.5 Å². The second-order valence-corrected chi connectivity index (χ2v) is 7.79. The van der Waals surface area contributed by atoms with E-state index in [2.05, 4.69) is 29.5 Å². The molecule has 2 aromatic rings. The lowest BCUT2D eigenvalue weighted by molar-refractivity contribution is 0.104. The maximum Gasteiger partial charge on any atom is 0.200 e. The van der Waals surface area contributed by atoms with Gasteiger partial charge in [0.2, 0.25) is 5.78 Å². The maximum atomic E-state index is 12.6. The van der Waals surface area contributed by atoms with Crippen LogP contribution in [0.15, 0.2) is 46.2 Å². The highest BCUT2D eigenvalue weighted by Crippen LogP contribution is 2.42. The van der Waals surface area contributed by atoms with Gasteiger partial charge in [0.15, 0.2) is 11.5 Å². The Kier molecular flexibility index (Phi) is 6.06. The van der Waals surface area contributed by atoms with E-state index in [4.69, 9.17) is 9.47 Å². The third-order valence-electron chi connectivity index (χ3n) is 3.66. The van der Waals surface area contributed by atoms with Crippen LogP contribution in [0.25, 0.3) is 6.08 Å². The first kappa shape index (κ1) is 18.3. The molecule has 0 fully saturated rings. The van der Waals surface area contributed by atoms with E-state index >= 15 is 0 Å². The number of carbonyl (C=O) groups excluding carboxylic acids is 1. The molecule has 2 aromatic carbocycles. The van der Waals surface area contributed by atoms with Crippen LogP contribution in [0.2, 0.25) is 0 Å². The van der Waals surface area contributed by atoms with Crippen molar-refractivity contribution >= 4 is 46.2 Å². The van der Waals surface area contributed by atoms with Crippen molar-refractivity contribution in [3.63, 3.8) is 0 Å². The van der Waals surface area contributed by atoms with Gasteiger partial charge in [0.1, 0.15) is 0 Å². The van der Waals surface area contributed by atoms with Gasteiger partial charge in [-0.2, -0.15) is 0 Å². The van der Waals surface area contributed by atoms with Crippen molar-refractivity contribution in [2.24, 2.45) is 0 Å². The van der Waals surface area contributed by atoms with Crippen molar-refractivity contribution in [2.75, 3.05) is 13.2 Å². The third-order valence-corrected chi connectivity index (χ3v) is 5.56. The fourth-order valence-electron chi connectivity index (χ4n) is 2.57. The van der Waals surface area contributed by atoms with E-state index in [1.165, 1.54) is 11.8 Å². The van der Waals surface area contributed by atoms with Gasteiger partial charge in [-0.1, -0.05) is 30.8 Å². The van der Waals surface area contributed by atoms with Crippen LogP contribution in [0.5, 0.6) is 11.5 Å². The molecule has 1 aliphatic rings. The molecule has 0 amide bonds. The molecule has 5 heteroatoms. The predicted octanol–water partition coefficient (Wildman–Crippen LogP) is 5.81. The van der Waals surface area contributed by atoms with Gasteiger partial charge in [0, 0.05) is 10.5 Å². The summed E-state index contributed by atoms with van der Waals surface area (Å²) in [5, 5.41) is 0. The number of ketones is 1. The summed E-state index contributed by atoms with van der Waals surface area (Å²) in [4.78, 5) is 14.3.